The lowest BCUT2D eigenvalue weighted by atomic mass is 10.1. The Balaban J connectivity index is 1.76. The van der Waals surface area contributed by atoms with Crippen LogP contribution in [0.15, 0.2) is 41.4 Å². The first-order valence-corrected chi connectivity index (χ1v) is 8.81. The van der Waals surface area contributed by atoms with Gasteiger partial charge in [0.1, 0.15) is 5.52 Å². The van der Waals surface area contributed by atoms with Crippen molar-refractivity contribution in [3.63, 3.8) is 0 Å². The van der Waals surface area contributed by atoms with Gasteiger partial charge in [0.2, 0.25) is 0 Å². The van der Waals surface area contributed by atoms with Gasteiger partial charge in [-0.25, -0.2) is 9.67 Å². The number of carbonyl (C=O) groups excluding carboxylic acids is 1. The number of hydrogen-bond donors (Lipinski definition) is 0. The van der Waals surface area contributed by atoms with E-state index in [0.29, 0.717) is 29.2 Å². The van der Waals surface area contributed by atoms with Gasteiger partial charge in [0.15, 0.2) is 5.65 Å². The Morgan fingerprint density at radius 3 is 3.04 bits per heavy atom. The lowest BCUT2D eigenvalue weighted by Gasteiger charge is -2.24. The Kier molecular flexibility index (Phi) is 3.72. The van der Waals surface area contributed by atoms with Crippen molar-refractivity contribution in [2.24, 2.45) is 13.0 Å². The number of rotatable bonds is 1. The highest BCUT2D eigenvalue weighted by atomic mass is 32.2. The Hall–Kier alpha value is -2.41. The van der Waals surface area contributed by atoms with E-state index in [1.165, 1.54) is 0 Å². The molecule has 0 unspecified atom stereocenters. The monoisotopic (exact) mass is 339 g/mol. The van der Waals surface area contributed by atoms with E-state index in [9.17, 15) is 4.79 Å². The van der Waals surface area contributed by atoms with Gasteiger partial charge in [0.05, 0.1) is 11.3 Å². The van der Waals surface area contributed by atoms with Crippen molar-refractivity contribution in [2.45, 2.75) is 11.8 Å². The number of hydrogen-bond acceptors (Lipinski definition) is 5. The minimum atomic E-state index is -0.0446. The fourth-order valence-electron chi connectivity index (χ4n) is 2.89. The van der Waals surface area contributed by atoms with Crippen molar-refractivity contribution in [3.05, 3.63) is 42.1 Å². The molecule has 3 heterocycles. The highest BCUT2D eigenvalue weighted by Crippen LogP contribution is 2.36. The molecule has 3 aromatic rings. The first-order chi connectivity index (χ1) is 11.6. The lowest BCUT2D eigenvalue weighted by Crippen LogP contribution is -2.34. The van der Waals surface area contributed by atoms with Crippen molar-refractivity contribution in [1.29, 1.82) is 0 Å². The van der Waals surface area contributed by atoms with E-state index in [4.69, 9.17) is 0 Å². The molecule has 0 fully saturated rings. The molecule has 2 aromatic heterocycles. The van der Waals surface area contributed by atoms with Crippen molar-refractivity contribution in [2.75, 3.05) is 17.2 Å². The predicted octanol–water partition coefficient (Wildman–Crippen LogP) is 2.75. The maximum Gasteiger partial charge on any atom is 0.259 e. The second kappa shape index (κ2) is 5.90. The van der Waals surface area contributed by atoms with Crippen LogP contribution in [0.25, 0.3) is 11.2 Å². The summed E-state index contributed by atoms with van der Waals surface area (Å²) in [6.45, 7) is 2.87. The summed E-state index contributed by atoms with van der Waals surface area (Å²) in [5, 5.41) is 8.01. The fourth-order valence-corrected chi connectivity index (χ4v) is 3.96. The maximum atomic E-state index is 13.1. The summed E-state index contributed by atoms with van der Waals surface area (Å²) in [4.78, 5) is 20.5. The zero-order valence-corrected chi connectivity index (χ0v) is 14.3. The van der Waals surface area contributed by atoms with Crippen molar-refractivity contribution in [1.82, 2.24) is 20.0 Å². The Morgan fingerprint density at radius 2 is 2.17 bits per heavy atom. The second-order valence-electron chi connectivity index (χ2n) is 6.08. The zero-order chi connectivity index (χ0) is 16.7. The molecule has 0 saturated carbocycles. The molecule has 7 heteroatoms. The first kappa shape index (κ1) is 15.1. The summed E-state index contributed by atoms with van der Waals surface area (Å²) in [6.07, 6.45) is 1.61. The van der Waals surface area contributed by atoms with Crippen LogP contribution in [0.4, 0.5) is 5.69 Å². The summed E-state index contributed by atoms with van der Waals surface area (Å²) >= 11 is 1.80. The normalized spacial score (nSPS) is 17.6. The molecular weight excluding hydrogens is 322 g/mol. The Bertz CT molecular complexity index is 922. The molecule has 24 heavy (non-hydrogen) atoms. The molecule has 0 saturated heterocycles. The highest BCUT2D eigenvalue weighted by Gasteiger charge is 2.26. The van der Waals surface area contributed by atoms with Gasteiger partial charge in [-0.3, -0.25) is 4.79 Å². The van der Waals surface area contributed by atoms with Crippen LogP contribution in [0.5, 0.6) is 0 Å². The van der Waals surface area contributed by atoms with Gasteiger partial charge >= 0.3 is 0 Å². The third kappa shape index (κ3) is 2.54. The van der Waals surface area contributed by atoms with Gasteiger partial charge in [-0.15, -0.1) is 16.9 Å². The number of amides is 1. The summed E-state index contributed by atoms with van der Waals surface area (Å²) in [6, 6.07) is 9.83. The van der Waals surface area contributed by atoms with Crippen LogP contribution in [0.3, 0.4) is 0 Å². The molecule has 1 aromatic carbocycles. The molecular formula is C17H17N5OS. The van der Waals surface area contributed by atoms with Crippen LogP contribution >= 0.6 is 11.8 Å². The quantitative estimate of drug-likeness (QED) is 0.682. The summed E-state index contributed by atoms with van der Waals surface area (Å²) in [7, 11) is 1.79. The predicted molar refractivity (Wildman–Crippen MR) is 94.3 cm³/mol. The van der Waals surface area contributed by atoms with Gasteiger partial charge in [0.25, 0.3) is 5.91 Å². The number of fused-ring (bicyclic) bond motifs is 2. The molecule has 0 N–H and O–H groups in total. The van der Waals surface area contributed by atoms with E-state index in [2.05, 4.69) is 28.3 Å². The average molecular weight is 339 g/mol. The molecule has 1 amide bonds. The molecule has 1 atom stereocenters. The van der Waals surface area contributed by atoms with Crippen molar-refractivity contribution in [3.8, 4) is 0 Å². The number of pyridine rings is 1. The number of benzene rings is 1. The topological polar surface area (TPSA) is 63.9 Å². The summed E-state index contributed by atoms with van der Waals surface area (Å²) in [5.41, 5.74) is 2.81. The molecule has 0 bridgehead atoms. The zero-order valence-electron chi connectivity index (χ0n) is 13.5. The minimum Gasteiger partial charge on any atom is -0.307 e. The largest absolute Gasteiger partial charge is 0.307 e. The molecule has 4 rings (SSSR count). The molecule has 0 spiro atoms. The van der Waals surface area contributed by atoms with E-state index in [1.54, 1.807) is 35.8 Å². The molecule has 1 aliphatic heterocycles. The van der Waals surface area contributed by atoms with E-state index in [0.717, 1.165) is 16.3 Å². The van der Waals surface area contributed by atoms with Gasteiger partial charge in [-0.2, -0.15) is 0 Å². The number of aryl methyl sites for hydroxylation is 1. The molecule has 1 aliphatic rings. The molecule has 0 aliphatic carbocycles. The van der Waals surface area contributed by atoms with Gasteiger partial charge in [0, 0.05) is 30.4 Å². The van der Waals surface area contributed by atoms with Gasteiger partial charge in [-0.1, -0.05) is 24.3 Å². The van der Waals surface area contributed by atoms with Gasteiger partial charge < -0.3 is 4.90 Å². The van der Waals surface area contributed by atoms with Crippen LogP contribution in [0.1, 0.15) is 17.3 Å². The minimum absolute atomic E-state index is 0.0446. The van der Waals surface area contributed by atoms with Crippen molar-refractivity contribution < 1.29 is 4.79 Å². The number of anilines is 1. The second-order valence-corrected chi connectivity index (χ2v) is 7.14. The van der Waals surface area contributed by atoms with Crippen LogP contribution in [0.2, 0.25) is 0 Å². The number of aromatic nitrogens is 4. The number of para-hydroxylation sites is 1. The van der Waals surface area contributed by atoms with E-state index in [-0.39, 0.29) is 5.91 Å². The van der Waals surface area contributed by atoms with E-state index < -0.39 is 0 Å². The van der Waals surface area contributed by atoms with E-state index >= 15 is 0 Å². The molecule has 6 nitrogen and oxygen atoms in total. The number of thioether (sulfide) groups is 1. The van der Waals surface area contributed by atoms with Crippen LogP contribution in [-0.4, -0.2) is 38.2 Å². The third-order valence-electron chi connectivity index (χ3n) is 4.11. The first-order valence-electron chi connectivity index (χ1n) is 7.82. The summed E-state index contributed by atoms with van der Waals surface area (Å²) < 4.78 is 1.60. The maximum absolute atomic E-state index is 13.1. The fraction of sp³-hybridized carbons (Fsp3) is 0.294. The van der Waals surface area contributed by atoms with E-state index in [1.807, 2.05) is 23.1 Å². The Labute approximate surface area is 143 Å². The van der Waals surface area contributed by atoms with Gasteiger partial charge in [-0.05, 0) is 24.1 Å². The highest BCUT2D eigenvalue weighted by molar-refractivity contribution is 7.99. The standard InChI is InChI=1S/C17H17N5OS/c1-11-9-22(14-5-3-4-6-15(14)24-10-11)17(23)12-7-13-16(18-8-12)21(2)20-19-13/h3-8,11H,9-10H2,1-2H3/t11-/m1/s1. The number of nitrogens with zero attached hydrogens (tertiary/aromatic N) is 5. The third-order valence-corrected chi connectivity index (χ3v) is 5.50. The lowest BCUT2D eigenvalue weighted by molar-refractivity contribution is 0.0983. The SMILES string of the molecule is C[C@H]1CSc2ccccc2N(C(=O)c2cnc3c(c2)nnn3C)C1. The van der Waals surface area contributed by atoms with Crippen molar-refractivity contribution >= 4 is 34.5 Å². The molecule has 0 radical (unpaired) electrons. The number of carbonyl (C=O) groups is 1. The average Bonchev–Trinajstić information content (AvgIpc) is 2.88. The summed E-state index contributed by atoms with van der Waals surface area (Å²) in [5.74, 6) is 1.37. The van der Waals surface area contributed by atoms with Crippen LogP contribution in [0, 0.1) is 5.92 Å². The molecule has 122 valence electrons. The smallest absolute Gasteiger partial charge is 0.259 e. The van der Waals surface area contributed by atoms with Crippen LogP contribution < -0.4 is 4.90 Å². The Morgan fingerprint density at radius 1 is 1.33 bits per heavy atom. The van der Waals surface area contributed by atoms with Crippen LogP contribution in [-0.2, 0) is 7.05 Å².